The molecule has 0 unspecified atom stereocenters. The first-order valence-corrected chi connectivity index (χ1v) is 12.4. The van der Waals surface area contributed by atoms with Gasteiger partial charge in [0.25, 0.3) is 0 Å². The smallest absolute Gasteiger partial charge is 0.180 e. The Morgan fingerprint density at radius 1 is 0.727 bits per heavy atom. The fraction of sp³-hybridized carbons (Fsp3) is 0.0714. The van der Waals surface area contributed by atoms with Crippen molar-refractivity contribution in [1.82, 2.24) is 0 Å². The highest BCUT2D eigenvalue weighted by Crippen LogP contribution is 2.46. The number of rotatable bonds is 8. The number of Topliss-reactive ketones (excluding diaryl/α,β-unsaturated/α-hetero) is 1. The van der Waals surface area contributed by atoms with Crippen LogP contribution < -0.4 is 20.7 Å². The van der Waals surface area contributed by atoms with Gasteiger partial charge in [0, 0.05) is 22.3 Å². The fourth-order valence-electron chi connectivity index (χ4n) is 3.69. The van der Waals surface area contributed by atoms with Crippen molar-refractivity contribution < 1.29 is 9.53 Å². The molecule has 0 aliphatic rings. The molecule has 0 heterocycles. The topological polar surface area (TPSA) is 51.0 Å². The van der Waals surface area contributed by atoms with Gasteiger partial charge in [-0.05, 0) is 17.7 Å². The summed E-state index contributed by atoms with van der Waals surface area (Å²) < 4.78 is 5.18. The third-order valence-corrected chi connectivity index (χ3v) is 8.82. The van der Waals surface area contributed by atoms with E-state index < -0.39 is 7.05 Å². The molecule has 0 radical (unpaired) electrons. The van der Waals surface area contributed by atoms with Gasteiger partial charge in [-0.3, -0.25) is 4.79 Å². The van der Waals surface area contributed by atoms with E-state index in [9.17, 15) is 4.79 Å². The van der Waals surface area contributed by atoms with Crippen molar-refractivity contribution in [3.63, 3.8) is 0 Å². The van der Waals surface area contributed by atoms with Crippen molar-refractivity contribution >= 4 is 35.0 Å². The summed E-state index contributed by atoms with van der Waals surface area (Å²) >= 11 is 0. The lowest BCUT2D eigenvalue weighted by Crippen LogP contribution is -2.25. The van der Waals surface area contributed by atoms with E-state index in [4.69, 9.17) is 9.59 Å². The lowest BCUT2D eigenvalue weighted by molar-refractivity contribution is -0.112. The zero-order chi connectivity index (χ0) is 22.9. The van der Waals surface area contributed by atoms with Gasteiger partial charge < -0.3 is 4.74 Å². The van der Waals surface area contributed by atoms with Gasteiger partial charge in [-0.1, -0.05) is 103 Å². The molecule has 0 saturated carbocycles. The van der Waals surface area contributed by atoms with E-state index in [1.165, 1.54) is 6.21 Å². The Morgan fingerprint density at radius 3 is 1.61 bits per heavy atom. The van der Waals surface area contributed by atoms with Gasteiger partial charge in [-0.2, -0.15) is 9.96 Å². The predicted octanol–water partition coefficient (Wildman–Crippen LogP) is 4.97. The number of ketones is 1. The molecule has 0 bridgehead atoms. The number of carbonyl (C=O) groups excluding carboxylic acids is 1. The largest absolute Gasteiger partial charge is 0.497 e. The average molecular weight is 452 g/mol. The van der Waals surface area contributed by atoms with Crippen LogP contribution in [0.15, 0.2) is 125 Å². The normalized spacial score (nSPS) is 11.3. The zero-order valence-electron chi connectivity index (χ0n) is 18.4. The van der Waals surface area contributed by atoms with Crippen LogP contribution in [0.4, 0.5) is 0 Å². The van der Waals surface area contributed by atoms with Crippen LogP contribution in [0.25, 0.3) is 0 Å². The minimum Gasteiger partial charge on any atom is -0.497 e. The molecule has 0 N–H and O–H groups in total. The molecule has 164 valence electrons. The molecule has 4 nitrogen and oxygen atoms in total. The second kappa shape index (κ2) is 10.7. The number of hydrogen-bond donors (Lipinski definition) is 0. The first-order chi connectivity index (χ1) is 16.2. The maximum Gasteiger partial charge on any atom is 0.180 e. The fourth-order valence-corrected chi connectivity index (χ4v) is 6.91. The number of hydrogen-bond acceptors (Lipinski definition) is 3. The minimum atomic E-state index is -2.44. The molecule has 0 aliphatic heterocycles. The number of nitrogens with zero attached hydrogens (tertiary/aromatic N) is 2. The lowest BCUT2D eigenvalue weighted by Gasteiger charge is -2.25. The summed E-state index contributed by atoms with van der Waals surface area (Å²) in [4.78, 5) is 17.5. The highest BCUT2D eigenvalue weighted by molar-refractivity contribution is 7.87. The Balaban J connectivity index is 1.76. The van der Waals surface area contributed by atoms with Crippen molar-refractivity contribution in [1.29, 1.82) is 0 Å². The second-order valence-corrected chi connectivity index (χ2v) is 10.5. The first-order valence-electron chi connectivity index (χ1n) is 10.7. The van der Waals surface area contributed by atoms with Gasteiger partial charge in [-0.15, -0.1) is 0 Å². The molecule has 0 saturated heterocycles. The van der Waals surface area contributed by atoms with Crippen LogP contribution >= 0.6 is 7.05 Å². The summed E-state index contributed by atoms with van der Waals surface area (Å²) in [5.41, 5.74) is 0.905. The summed E-state index contributed by atoms with van der Waals surface area (Å²) in [7, 11) is -0.823. The highest BCUT2D eigenvalue weighted by Gasteiger charge is 2.27. The van der Waals surface area contributed by atoms with Crippen LogP contribution in [0.1, 0.15) is 5.56 Å². The molecule has 33 heavy (non-hydrogen) atoms. The van der Waals surface area contributed by atoms with Crippen LogP contribution in [0, 0.1) is 0 Å². The Hall–Kier alpha value is -3.75. The van der Waals surface area contributed by atoms with Gasteiger partial charge in [0.2, 0.25) is 0 Å². The Kier molecular flexibility index (Phi) is 7.29. The Labute approximate surface area is 194 Å². The molecule has 4 aromatic rings. The van der Waals surface area contributed by atoms with E-state index in [0.717, 1.165) is 27.2 Å². The molecular formula is C28H25N2O2P. The van der Waals surface area contributed by atoms with E-state index in [2.05, 4.69) is 41.5 Å². The second-order valence-electron chi connectivity index (χ2n) is 7.47. The molecule has 0 aliphatic carbocycles. The van der Waals surface area contributed by atoms with Crippen LogP contribution in [0.2, 0.25) is 0 Å². The molecule has 0 spiro atoms. The summed E-state index contributed by atoms with van der Waals surface area (Å²) in [6.07, 6.45) is 1.60. The Morgan fingerprint density at radius 2 is 1.18 bits per heavy atom. The van der Waals surface area contributed by atoms with Gasteiger partial charge in [-0.25, -0.2) is 0 Å². The van der Waals surface area contributed by atoms with Crippen LogP contribution in [-0.2, 0) is 11.2 Å². The maximum atomic E-state index is 12.6. The van der Waals surface area contributed by atoms with Crippen LogP contribution in [0.3, 0.4) is 0 Å². The highest BCUT2D eigenvalue weighted by atomic mass is 31.2. The number of carbonyl (C=O) groups is 1. The quantitative estimate of drug-likeness (QED) is 0.215. The molecule has 0 aromatic heterocycles. The maximum absolute atomic E-state index is 12.6. The van der Waals surface area contributed by atoms with E-state index in [-0.39, 0.29) is 12.2 Å². The van der Waals surface area contributed by atoms with E-state index in [0.29, 0.717) is 0 Å². The standard InChI is InChI=1S/C28H25N2O2P/c1-32-25-19-17-23(18-20-25)21-24(31)22-29-30-33(26-11-5-2-6-12-26,27-13-7-3-8-14-27)28-15-9-4-10-16-28/h2-20,22H,21H2,1H3. The molecule has 4 rings (SSSR count). The van der Waals surface area contributed by atoms with Gasteiger partial charge >= 0.3 is 0 Å². The third-order valence-electron chi connectivity index (χ3n) is 5.31. The van der Waals surface area contributed by atoms with Gasteiger partial charge in [0.15, 0.2) is 5.78 Å². The van der Waals surface area contributed by atoms with Crippen molar-refractivity contribution in [3.05, 3.63) is 121 Å². The summed E-state index contributed by atoms with van der Waals surface area (Å²) in [5, 5.41) is 7.63. The Bertz CT molecular complexity index is 1170. The monoisotopic (exact) mass is 452 g/mol. The van der Waals surface area contributed by atoms with E-state index in [1.54, 1.807) is 7.11 Å². The molecule has 0 amide bonds. The molecular weight excluding hydrogens is 427 g/mol. The number of ether oxygens (including phenoxy) is 1. The lowest BCUT2D eigenvalue weighted by atomic mass is 10.1. The summed E-state index contributed by atoms with van der Waals surface area (Å²) in [6.45, 7) is 0. The van der Waals surface area contributed by atoms with Gasteiger partial charge in [0.05, 0.1) is 20.4 Å². The van der Waals surface area contributed by atoms with Crippen molar-refractivity contribution in [2.45, 2.75) is 6.42 Å². The molecule has 4 aromatic carbocycles. The van der Waals surface area contributed by atoms with Crippen LogP contribution in [0.5, 0.6) is 5.75 Å². The number of benzene rings is 4. The van der Waals surface area contributed by atoms with E-state index in [1.807, 2.05) is 78.9 Å². The molecule has 5 heteroatoms. The minimum absolute atomic E-state index is 0.101. The average Bonchev–Trinajstić information content (AvgIpc) is 2.89. The zero-order valence-corrected chi connectivity index (χ0v) is 19.3. The van der Waals surface area contributed by atoms with Crippen molar-refractivity contribution in [3.8, 4) is 5.75 Å². The van der Waals surface area contributed by atoms with Crippen molar-refractivity contribution in [2.24, 2.45) is 9.96 Å². The summed E-state index contributed by atoms with van der Waals surface area (Å²) in [5.74, 6) is 0.661. The first kappa shape index (κ1) is 22.4. The van der Waals surface area contributed by atoms with Crippen LogP contribution in [-0.4, -0.2) is 19.1 Å². The SMILES string of the molecule is COc1ccc(CC(=O)C=NN=P(c2ccccc2)(c2ccccc2)c2ccccc2)cc1. The third kappa shape index (κ3) is 5.19. The van der Waals surface area contributed by atoms with Crippen molar-refractivity contribution in [2.75, 3.05) is 7.11 Å². The predicted molar refractivity (Wildman–Crippen MR) is 138 cm³/mol. The van der Waals surface area contributed by atoms with Gasteiger partial charge in [0.1, 0.15) is 5.75 Å². The molecule has 0 atom stereocenters. The molecule has 0 fully saturated rings. The number of methoxy groups -OCH3 is 1. The van der Waals surface area contributed by atoms with E-state index >= 15 is 0 Å². The summed E-state index contributed by atoms with van der Waals surface area (Å²) in [6, 6.07) is 38.1.